The highest BCUT2D eigenvalue weighted by Crippen LogP contribution is 2.38. The van der Waals surface area contributed by atoms with Crippen molar-refractivity contribution in [3.05, 3.63) is 58.5 Å². The molecule has 0 radical (unpaired) electrons. The van der Waals surface area contributed by atoms with E-state index >= 15 is 0 Å². The number of pyridine rings is 1. The number of fused-ring (bicyclic) bond motifs is 1. The van der Waals surface area contributed by atoms with E-state index in [4.69, 9.17) is 16.3 Å². The van der Waals surface area contributed by atoms with Crippen LogP contribution in [0.5, 0.6) is 0 Å². The number of halogens is 4. The minimum Gasteiger partial charge on any atom is -0.380 e. The summed E-state index contributed by atoms with van der Waals surface area (Å²) in [5.74, 6) is -0.607. The van der Waals surface area contributed by atoms with Crippen molar-refractivity contribution >= 4 is 34.2 Å². The van der Waals surface area contributed by atoms with Crippen LogP contribution in [0.1, 0.15) is 34.6 Å². The summed E-state index contributed by atoms with van der Waals surface area (Å²) in [6.45, 7) is 3.03. The number of piperidine rings is 1. The lowest BCUT2D eigenvalue weighted by molar-refractivity contribution is -0.153. The van der Waals surface area contributed by atoms with Gasteiger partial charge in [0.25, 0.3) is 0 Å². The number of ketones is 1. The van der Waals surface area contributed by atoms with Crippen LogP contribution in [-0.4, -0.2) is 57.7 Å². The van der Waals surface area contributed by atoms with Crippen LogP contribution in [0.2, 0.25) is 5.02 Å². The fraction of sp³-hybridized carbons (Fsp3) is 0.417. The van der Waals surface area contributed by atoms with E-state index < -0.39 is 17.7 Å². The van der Waals surface area contributed by atoms with Crippen LogP contribution in [-0.2, 0) is 28.7 Å². The number of alkyl halides is 3. The molecule has 11 heteroatoms. The lowest BCUT2D eigenvalue weighted by Crippen LogP contribution is -2.52. The molecule has 0 unspecified atom stereocenters. The molecule has 1 aromatic carbocycles. The zero-order valence-corrected chi connectivity index (χ0v) is 19.4. The zero-order chi connectivity index (χ0) is 24.8. The summed E-state index contributed by atoms with van der Waals surface area (Å²) in [5, 5.41) is 5.36. The lowest BCUT2D eigenvalue weighted by atomic mass is 9.77. The Morgan fingerprint density at radius 3 is 2.54 bits per heavy atom. The number of rotatable bonds is 5. The Kier molecular flexibility index (Phi) is 6.04. The third-order valence-electron chi connectivity index (χ3n) is 6.69. The number of hydrogen-bond acceptors (Lipinski definition) is 5. The van der Waals surface area contributed by atoms with Crippen LogP contribution in [0.15, 0.2) is 36.5 Å². The van der Waals surface area contributed by atoms with Crippen molar-refractivity contribution in [3.8, 4) is 0 Å². The molecule has 0 atom stereocenters. The molecule has 3 aromatic rings. The average molecular weight is 507 g/mol. The second-order valence-corrected chi connectivity index (χ2v) is 9.62. The van der Waals surface area contributed by atoms with Crippen molar-refractivity contribution in [1.29, 1.82) is 0 Å². The Morgan fingerprint density at radius 1 is 1.14 bits per heavy atom. The van der Waals surface area contributed by atoms with Gasteiger partial charge in [0.15, 0.2) is 5.78 Å². The van der Waals surface area contributed by atoms with Crippen molar-refractivity contribution in [3.63, 3.8) is 0 Å². The molecule has 0 saturated carbocycles. The number of carbonyl (C=O) groups is 2. The minimum absolute atomic E-state index is 0.0231. The van der Waals surface area contributed by atoms with Crippen molar-refractivity contribution < 1.29 is 27.5 Å². The molecule has 2 fully saturated rings. The Morgan fingerprint density at radius 2 is 1.89 bits per heavy atom. The number of likely N-dealkylation sites (tertiary alicyclic amines) is 1. The molecular formula is C24H22ClF3N4O3. The lowest BCUT2D eigenvalue weighted by Gasteiger charge is -2.47. The zero-order valence-electron chi connectivity index (χ0n) is 18.6. The first kappa shape index (κ1) is 23.7. The van der Waals surface area contributed by atoms with Crippen LogP contribution >= 0.6 is 11.6 Å². The van der Waals surface area contributed by atoms with Crippen molar-refractivity contribution in [2.45, 2.75) is 32.0 Å². The highest BCUT2D eigenvalue weighted by atomic mass is 35.5. The van der Waals surface area contributed by atoms with Gasteiger partial charge in [-0.25, -0.2) is 4.98 Å². The molecular weight excluding hydrogens is 485 g/mol. The quantitative estimate of drug-likeness (QED) is 0.485. The van der Waals surface area contributed by atoms with Crippen LogP contribution in [0.25, 0.3) is 10.9 Å². The minimum atomic E-state index is -4.64. The summed E-state index contributed by atoms with van der Waals surface area (Å²) >= 11 is 6.33. The number of ether oxygens (including phenoxy) is 1. The van der Waals surface area contributed by atoms with Crippen LogP contribution in [0.3, 0.4) is 0 Å². The molecule has 0 bridgehead atoms. The summed E-state index contributed by atoms with van der Waals surface area (Å²) < 4.78 is 45.6. The van der Waals surface area contributed by atoms with E-state index in [1.807, 2.05) is 4.90 Å². The largest absolute Gasteiger partial charge is 0.433 e. The van der Waals surface area contributed by atoms with Gasteiger partial charge in [-0.1, -0.05) is 17.7 Å². The first-order chi connectivity index (χ1) is 16.6. The van der Waals surface area contributed by atoms with Crippen molar-refractivity contribution in [2.75, 3.05) is 26.3 Å². The van der Waals surface area contributed by atoms with Gasteiger partial charge >= 0.3 is 6.18 Å². The van der Waals surface area contributed by atoms with Crippen LogP contribution in [0.4, 0.5) is 13.2 Å². The van der Waals surface area contributed by atoms with E-state index in [1.54, 1.807) is 23.0 Å². The Labute approximate surface area is 203 Å². The van der Waals surface area contributed by atoms with Gasteiger partial charge in [-0.2, -0.15) is 18.3 Å². The van der Waals surface area contributed by atoms with Crippen LogP contribution in [0, 0.1) is 5.41 Å². The first-order valence-corrected chi connectivity index (χ1v) is 11.6. The van der Waals surface area contributed by atoms with Gasteiger partial charge < -0.3 is 9.64 Å². The number of Topliss-reactive ketones (excluding diaryl/α,β-unsaturated/α-hetero) is 1. The molecule has 2 aliphatic heterocycles. The molecule has 35 heavy (non-hydrogen) atoms. The maximum atomic E-state index is 12.9. The van der Waals surface area contributed by atoms with Crippen LogP contribution < -0.4 is 0 Å². The molecule has 1 spiro atoms. The summed E-state index contributed by atoms with van der Waals surface area (Å²) in [6, 6.07) is 6.46. The molecule has 2 saturated heterocycles. The summed E-state index contributed by atoms with van der Waals surface area (Å²) in [4.78, 5) is 30.7. The monoisotopic (exact) mass is 506 g/mol. The first-order valence-electron chi connectivity index (χ1n) is 11.2. The van der Waals surface area contributed by atoms with E-state index in [2.05, 4.69) is 10.1 Å². The number of carbonyl (C=O) groups excluding carboxylic acids is 2. The fourth-order valence-electron chi connectivity index (χ4n) is 4.52. The van der Waals surface area contributed by atoms with Gasteiger partial charge in [0, 0.05) is 41.5 Å². The molecule has 7 nitrogen and oxygen atoms in total. The summed E-state index contributed by atoms with van der Waals surface area (Å²) in [7, 11) is 0. The molecule has 1 amide bonds. The molecule has 0 N–H and O–H groups in total. The SMILES string of the molecule is O=C(Cc1cc2cn(CC(=O)N3CCC4(CC3)COC4)nc2cc1Cl)c1cccc(C(F)(F)F)n1. The predicted octanol–water partition coefficient (Wildman–Crippen LogP) is 4.17. The Bertz CT molecular complexity index is 1290. The fourth-order valence-corrected chi connectivity index (χ4v) is 4.75. The van der Waals surface area contributed by atoms with Gasteiger partial charge in [-0.15, -0.1) is 0 Å². The van der Waals surface area contributed by atoms with Gasteiger partial charge in [0.1, 0.15) is 17.9 Å². The van der Waals surface area contributed by atoms with E-state index in [0.29, 0.717) is 29.6 Å². The van der Waals surface area contributed by atoms with Crippen molar-refractivity contribution in [2.24, 2.45) is 5.41 Å². The molecule has 5 rings (SSSR count). The third kappa shape index (κ3) is 4.90. The summed E-state index contributed by atoms with van der Waals surface area (Å²) in [6.07, 6.45) is -1.28. The Hall–Kier alpha value is -2.98. The van der Waals surface area contributed by atoms with E-state index in [1.165, 1.54) is 6.07 Å². The normalized spacial score (nSPS) is 17.5. The number of hydrogen-bond donors (Lipinski definition) is 0. The molecule has 2 aliphatic rings. The highest BCUT2D eigenvalue weighted by Gasteiger charge is 2.42. The van der Waals surface area contributed by atoms with E-state index in [9.17, 15) is 22.8 Å². The third-order valence-corrected chi connectivity index (χ3v) is 7.04. The number of aromatic nitrogens is 3. The molecule has 4 heterocycles. The van der Waals surface area contributed by atoms with E-state index in [0.717, 1.165) is 38.2 Å². The van der Waals surface area contributed by atoms with Crippen molar-refractivity contribution in [1.82, 2.24) is 19.7 Å². The second kappa shape index (κ2) is 8.91. The molecule has 0 aliphatic carbocycles. The number of benzene rings is 1. The summed E-state index contributed by atoms with van der Waals surface area (Å²) in [5.41, 5.74) is -0.167. The van der Waals surface area contributed by atoms with Gasteiger partial charge in [0.05, 0.1) is 18.7 Å². The smallest absolute Gasteiger partial charge is 0.380 e. The topological polar surface area (TPSA) is 77.3 Å². The average Bonchev–Trinajstić information content (AvgIpc) is 3.18. The van der Waals surface area contributed by atoms with Gasteiger partial charge in [0.2, 0.25) is 5.91 Å². The van der Waals surface area contributed by atoms with Gasteiger partial charge in [-0.3, -0.25) is 14.3 Å². The highest BCUT2D eigenvalue weighted by molar-refractivity contribution is 6.32. The number of amides is 1. The standard InChI is InChI=1S/C24H22ClF3N4O3/c25-17-10-19-16(8-15(17)9-20(33)18-2-1-3-21(29-18)24(26,27)28)11-32(30-19)12-22(34)31-6-4-23(5-7-31)13-35-14-23/h1-3,8,10-11H,4-7,9,12-14H2. The van der Waals surface area contributed by atoms with Gasteiger partial charge in [-0.05, 0) is 42.7 Å². The second-order valence-electron chi connectivity index (χ2n) is 9.21. The molecule has 2 aromatic heterocycles. The predicted molar refractivity (Wildman–Crippen MR) is 121 cm³/mol. The van der Waals surface area contributed by atoms with E-state index in [-0.39, 0.29) is 35.0 Å². The molecule has 184 valence electrons. The Balaban J connectivity index is 1.28. The maximum absolute atomic E-state index is 12.9. The maximum Gasteiger partial charge on any atom is 0.433 e. The number of nitrogens with zero attached hydrogens (tertiary/aromatic N) is 4.